The molecule has 496 valence electrons. The third-order valence-corrected chi connectivity index (χ3v) is 19.7. The molecule has 5 aliphatic rings. The average molecular weight is 1300 g/mol. The summed E-state index contributed by atoms with van der Waals surface area (Å²) in [4.78, 5) is 108. The van der Waals surface area contributed by atoms with E-state index in [1.165, 1.54) is 38.1 Å². The molecule has 21 nitrogen and oxygen atoms in total. The summed E-state index contributed by atoms with van der Waals surface area (Å²) in [6.45, 7) is 7.89. The first-order chi connectivity index (χ1) is 45.4. The highest BCUT2D eigenvalue weighted by Gasteiger charge is 2.79. The highest BCUT2D eigenvalue weighted by molar-refractivity contribution is 5.98. The lowest BCUT2D eigenvalue weighted by Crippen LogP contribution is -2.82. The molecule has 12 atom stereocenters. The minimum absolute atomic E-state index is 0.0166. The molecule has 3 fully saturated rings. The van der Waals surface area contributed by atoms with Crippen LogP contribution in [0.2, 0.25) is 0 Å². The number of Topliss-reactive ketones (excluding diaryl/α,β-unsaturated/α-hetero) is 1. The van der Waals surface area contributed by atoms with Gasteiger partial charge in [0.25, 0.3) is 5.91 Å². The molecule has 1 heterocycles. The summed E-state index contributed by atoms with van der Waals surface area (Å²) in [7, 11) is 6.29. The maximum atomic E-state index is 16.7. The number of aliphatic hydroxyl groups is 2. The van der Waals surface area contributed by atoms with Gasteiger partial charge < -0.3 is 62.9 Å². The van der Waals surface area contributed by atoms with E-state index in [0.717, 1.165) is 36.1 Å². The van der Waals surface area contributed by atoms with Crippen molar-refractivity contribution in [2.24, 2.45) is 21.7 Å². The van der Waals surface area contributed by atoms with Crippen LogP contribution < -0.4 is 24.3 Å². The Morgan fingerprint density at radius 3 is 1.95 bits per heavy atom. The Kier molecular flexibility index (Phi) is 18.7. The highest BCUT2D eigenvalue weighted by Crippen LogP contribution is 2.65. The molecular formula is C74H76N2O19. The summed E-state index contributed by atoms with van der Waals surface area (Å²) in [5.41, 5.74) is -3.65. The number of hydrogen-bond acceptors (Lipinski definition) is 20. The molecule has 0 spiro atoms. The molecule has 1 aliphatic heterocycles. The van der Waals surface area contributed by atoms with E-state index < -0.39 is 125 Å². The van der Waals surface area contributed by atoms with E-state index in [1.807, 2.05) is 24.3 Å². The Hall–Kier alpha value is -9.70. The monoisotopic (exact) mass is 1300 g/mol. The van der Waals surface area contributed by atoms with Crippen molar-refractivity contribution in [3.05, 3.63) is 190 Å². The van der Waals surface area contributed by atoms with E-state index in [0.29, 0.717) is 47.0 Å². The van der Waals surface area contributed by atoms with Crippen molar-refractivity contribution < 1.29 is 91.1 Å². The number of carbonyl (C=O) groups is 7. The molecule has 1 amide bonds. The number of esters is 5. The lowest BCUT2D eigenvalue weighted by atomic mass is 9.44. The number of nitrogens with one attached hydrogen (secondary N) is 1. The highest BCUT2D eigenvalue weighted by atomic mass is 16.6. The maximum Gasteiger partial charge on any atom is 0.338 e. The first-order valence-corrected chi connectivity index (χ1v) is 31.3. The second kappa shape index (κ2) is 26.6. The van der Waals surface area contributed by atoms with Crippen molar-refractivity contribution in [1.82, 2.24) is 5.32 Å². The molecule has 0 radical (unpaired) electrons. The molecule has 1 saturated heterocycles. The largest absolute Gasteiger partial charge is 0.497 e. The lowest BCUT2D eigenvalue weighted by Gasteiger charge is -2.67. The molecule has 0 unspecified atom stereocenters. The van der Waals surface area contributed by atoms with Gasteiger partial charge in [0.1, 0.15) is 35.8 Å². The van der Waals surface area contributed by atoms with Gasteiger partial charge in [-0.05, 0) is 120 Å². The van der Waals surface area contributed by atoms with Gasteiger partial charge in [-0.2, -0.15) is 0 Å². The summed E-state index contributed by atoms with van der Waals surface area (Å²) < 4.78 is 61.4. The van der Waals surface area contributed by atoms with Crippen LogP contribution in [0.15, 0.2) is 156 Å². The van der Waals surface area contributed by atoms with Gasteiger partial charge in [-0.15, -0.1) is 0 Å². The van der Waals surface area contributed by atoms with Crippen molar-refractivity contribution in [2.45, 2.75) is 127 Å². The predicted octanol–water partition coefficient (Wildman–Crippen LogP) is 9.41. The third-order valence-electron chi connectivity index (χ3n) is 19.7. The summed E-state index contributed by atoms with van der Waals surface area (Å²) in [6, 6.07) is 36.6. The van der Waals surface area contributed by atoms with E-state index in [4.69, 9.17) is 52.4 Å². The first kappa shape index (κ1) is 66.7. The van der Waals surface area contributed by atoms with Crippen molar-refractivity contribution >= 4 is 47.8 Å². The standard InChI is InChI=1S/C74H76N2O19/c1-40-54(92-70(84)60(79)59(44-20-14-11-15-21-44)76-67(81)45-22-16-12-17-23-45)37-74(85)66(94-69(83)46-24-18-13-19-25-46)64-72(6,65(80)63(91-41(2)77)58(40)71(74,4)5)55(36-56-73(64,39-90-56)95-42(3)78)93-68(82)47-28-26-43(27-29-47)38-75-52-33-30-48-34-53(87-8)61(88-9)62(89-10)57(48)50-32-31-49(86-7)35-51(50)52/h11-29,31-32,34-35,38,52,54-56,59-60,63-64,66,79,85H,30,33,36-37,39H2,1-10H3,(H,76,81)/t52-,54-,55-,56+,59-,60+,63+,64-,66-,72+,73-,74+/m0/s1. The van der Waals surface area contributed by atoms with Gasteiger partial charge in [0.15, 0.2) is 35.1 Å². The van der Waals surface area contributed by atoms with Crippen LogP contribution in [0.4, 0.5) is 0 Å². The zero-order chi connectivity index (χ0) is 67.9. The first-order valence-electron chi connectivity index (χ1n) is 31.3. The zero-order valence-corrected chi connectivity index (χ0v) is 54.4. The molecular weight excluding hydrogens is 1220 g/mol. The number of aliphatic imine (C=N–C) groups is 1. The molecule has 6 aromatic carbocycles. The number of carbonyl (C=O) groups excluding carboxylic acids is 7. The number of nitrogens with zero attached hydrogens (tertiary/aromatic N) is 1. The summed E-state index contributed by atoms with van der Waals surface area (Å²) in [6.07, 6.45) is -8.42. The van der Waals surface area contributed by atoms with Crippen LogP contribution in [-0.2, 0) is 54.0 Å². The Bertz CT molecular complexity index is 4020. The van der Waals surface area contributed by atoms with Crippen LogP contribution in [0.3, 0.4) is 0 Å². The molecule has 21 heteroatoms. The summed E-state index contributed by atoms with van der Waals surface area (Å²) in [5.74, 6) is -6.10. The molecule has 2 saturated carbocycles. The SMILES string of the molecule is COc1ccc2c(c1)[C@@H](N=Cc1ccc(C(=O)O[C@H]3C[C@H]4OC[C@@]4(OC(C)=O)[C@H]4[C@H](OC(=O)c5ccccc5)[C@]5(O)C[C@H](OC(=O)[C@H](O)[C@@H](NC(=O)c6ccccc6)c6ccccc6)C(C)=C([C@@H](OC(C)=O)C(=O)[C@]34C)C5(C)C)cc1)CCc1cc(OC)c(OC)c(OC)c1-2. The average Bonchev–Trinajstić information content (AvgIpc) is 0.800. The third kappa shape index (κ3) is 12.0. The lowest BCUT2D eigenvalue weighted by molar-refractivity contribution is -0.345. The minimum atomic E-state index is -2.53. The summed E-state index contributed by atoms with van der Waals surface area (Å²) >= 11 is 0. The summed E-state index contributed by atoms with van der Waals surface area (Å²) in [5, 5.41) is 29.2. The zero-order valence-electron chi connectivity index (χ0n) is 54.4. The number of aryl methyl sites for hydroxylation is 1. The van der Waals surface area contributed by atoms with E-state index in [-0.39, 0.29) is 40.3 Å². The molecule has 2 bridgehead atoms. The van der Waals surface area contributed by atoms with E-state index in [9.17, 15) is 39.0 Å². The fraction of sp³-hybridized carbons (Fsp3) is 0.378. The van der Waals surface area contributed by atoms with Gasteiger partial charge in [-0.1, -0.05) is 98.8 Å². The van der Waals surface area contributed by atoms with Crippen molar-refractivity contribution in [3.8, 4) is 34.1 Å². The quantitative estimate of drug-likeness (QED) is 0.0313. The number of ketones is 1. The number of benzene rings is 6. The Morgan fingerprint density at radius 1 is 0.716 bits per heavy atom. The van der Waals surface area contributed by atoms with Crippen molar-refractivity contribution in [1.29, 1.82) is 0 Å². The number of fused-ring (bicyclic) bond motifs is 8. The van der Waals surface area contributed by atoms with E-state index in [1.54, 1.807) is 139 Å². The molecule has 4 aliphatic carbocycles. The normalized spacial score (nSPS) is 26.1. The topological polar surface area (TPSA) is 277 Å². The number of hydrogen-bond donors (Lipinski definition) is 3. The smallest absolute Gasteiger partial charge is 0.338 e. The van der Waals surface area contributed by atoms with Crippen LogP contribution in [0.5, 0.6) is 23.0 Å². The Balaban J connectivity index is 0.975. The van der Waals surface area contributed by atoms with Gasteiger partial charge in [0, 0.05) is 49.4 Å². The van der Waals surface area contributed by atoms with E-state index >= 15 is 4.79 Å². The van der Waals surface area contributed by atoms with Gasteiger partial charge in [-0.3, -0.25) is 24.2 Å². The number of ether oxygens (including phenoxy) is 10. The van der Waals surface area contributed by atoms with Crippen LogP contribution in [-0.4, -0.2) is 141 Å². The fourth-order valence-electron chi connectivity index (χ4n) is 14.9. The van der Waals surface area contributed by atoms with Gasteiger partial charge in [-0.25, -0.2) is 14.4 Å². The van der Waals surface area contributed by atoms with Crippen LogP contribution in [0, 0.1) is 16.7 Å². The second-order valence-electron chi connectivity index (χ2n) is 25.3. The van der Waals surface area contributed by atoms with Gasteiger partial charge in [0.05, 0.1) is 69.6 Å². The van der Waals surface area contributed by atoms with Gasteiger partial charge >= 0.3 is 29.8 Å². The molecule has 6 aromatic rings. The second-order valence-corrected chi connectivity index (χ2v) is 25.3. The van der Waals surface area contributed by atoms with Crippen LogP contribution in [0.25, 0.3) is 11.1 Å². The molecule has 0 aromatic heterocycles. The fourth-order valence-corrected chi connectivity index (χ4v) is 14.9. The van der Waals surface area contributed by atoms with Crippen LogP contribution in [0.1, 0.15) is 126 Å². The number of amides is 1. The Labute approximate surface area is 549 Å². The number of methoxy groups -OCH3 is 4. The van der Waals surface area contributed by atoms with Crippen molar-refractivity contribution in [2.75, 3.05) is 35.0 Å². The van der Waals surface area contributed by atoms with Crippen LogP contribution >= 0.6 is 0 Å². The van der Waals surface area contributed by atoms with E-state index in [2.05, 4.69) is 5.32 Å². The van der Waals surface area contributed by atoms with Crippen molar-refractivity contribution in [3.63, 3.8) is 0 Å². The molecule has 95 heavy (non-hydrogen) atoms. The molecule has 11 rings (SSSR count). The maximum absolute atomic E-state index is 16.7. The Morgan fingerprint density at radius 2 is 1.35 bits per heavy atom. The predicted molar refractivity (Wildman–Crippen MR) is 344 cm³/mol. The number of rotatable bonds is 18. The van der Waals surface area contributed by atoms with Gasteiger partial charge in [0.2, 0.25) is 5.75 Å². The molecule has 3 N–H and O–H groups in total. The minimum Gasteiger partial charge on any atom is -0.497 e. The number of aliphatic hydroxyl groups excluding tert-OH is 1.